The first-order chi connectivity index (χ1) is 6.40. The van der Waals surface area contributed by atoms with Crippen molar-refractivity contribution in [2.45, 2.75) is 6.92 Å². The molecule has 0 amide bonds. The minimum Gasteiger partial charge on any atom is -0.216 e. The van der Waals surface area contributed by atoms with Crippen LogP contribution in [0.2, 0.25) is 0 Å². The molecule has 0 radical (unpaired) electrons. The van der Waals surface area contributed by atoms with Crippen LogP contribution in [0.3, 0.4) is 0 Å². The van der Waals surface area contributed by atoms with Crippen LogP contribution in [0, 0.1) is 18.1 Å². The molecular formula is C10H9BrO2S. The van der Waals surface area contributed by atoms with Crippen LogP contribution in [0.5, 0.6) is 0 Å². The van der Waals surface area contributed by atoms with Crippen molar-refractivity contribution < 1.29 is 8.42 Å². The van der Waals surface area contributed by atoms with E-state index in [4.69, 9.17) is 0 Å². The highest BCUT2D eigenvalue weighted by atomic mass is 79.9. The second kappa shape index (κ2) is 4.16. The predicted molar refractivity (Wildman–Crippen MR) is 60.6 cm³/mol. The number of aryl methyl sites for hydroxylation is 1. The molecule has 4 heteroatoms. The normalized spacial score (nSPS) is 10.5. The van der Waals surface area contributed by atoms with Gasteiger partial charge in [-0.1, -0.05) is 12.1 Å². The molecule has 0 unspecified atom stereocenters. The Bertz CT molecular complexity index is 507. The smallest absolute Gasteiger partial charge is 0.214 e. The standard InChI is InChI=1S/C10H9BrO2S/c1-8-4-3-5-9(10(8)11)6-7-14(2,12)13/h3-5H,1-2H3. The van der Waals surface area contributed by atoms with Gasteiger partial charge in [-0.15, -0.1) is 0 Å². The Morgan fingerprint density at radius 2 is 2.00 bits per heavy atom. The summed E-state index contributed by atoms with van der Waals surface area (Å²) in [6, 6.07) is 5.54. The molecule has 0 atom stereocenters. The molecule has 1 rings (SSSR count). The van der Waals surface area contributed by atoms with Crippen molar-refractivity contribution in [1.29, 1.82) is 0 Å². The highest BCUT2D eigenvalue weighted by Crippen LogP contribution is 2.19. The summed E-state index contributed by atoms with van der Waals surface area (Å²) in [5.41, 5.74) is 1.72. The predicted octanol–water partition coefficient (Wildman–Crippen LogP) is 2.11. The minimum absolute atomic E-state index is 0.690. The monoisotopic (exact) mass is 272 g/mol. The third kappa shape index (κ3) is 3.17. The van der Waals surface area contributed by atoms with Gasteiger partial charge >= 0.3 is 0 Å². The van der Waals surface area contributed by atoms with Crippen LogP contribution in [-0.4, -0.2) is 14.7 Å². The largest absolute Gasteiger partial charge is 0.216 e. The van der Waals surface area contributed by atoms with E-state index in [1.807, 2.05) is 19.1 Å². The SMILES string of the molecule is Cc1cccc(C#CS(C)(=O)=O)c1Br. The van der Waals surface area contributed by atoms with Crippen LogP contribution in [0.1, 0.15) is 11.1 Å². The van der Waals surface area contributed by atoms with Gasteiger partial charge in [0.25, 0.3) is 0 Å². The fraction of sp³-hybridized carbons (Fsp3) is 0.200. The first-order valence-corrected chi connectivity index (χ1v) is 6.56. The first-order valence-electron chi connectivity index (χ1n) is 3.88. The van der Waals surface area contributed by atoms with E-state index < -0.39 is 9.84 Å². The molecule has 0 heterocycles. The quantitative estimate of drug-likeness (QED) is 0.678. The van der Waals surface area contributed by atoms with Gasteiger partial charge in [0, 0.05) is 15.3 Å². The van der Waals surface area contributed by atoms with Crippen LogP contribution in [-0.2, 0) is 9.84 Å². The molecule has 0 spiro atoms. The molecule has 74 valence electrons. The Labute approximate surface area is 92.4 Å². The number of sulfone groups is 1. The average Bonchev–Trinajstić information content (AvgIpc) is 2.06. The Morgan fingerprint density at radius 1 is 1.36 bits per heavy atom. The maximum Gasteiger partial charge on any atom is 0.214 e. The lowest BCUT2D eigenvalue weighted by atomic mass is 10.1. The van der Waals surface area contributed by atoms with E-state index >= 15 is 0 Å². The maximum atomic E-state index is 10.8. The van der Waals surface area contributed by atoms with E-state index in [1.54, 1.807) is 6.07 Å². The van der Waals surface area contributed by atoms with Gasteiger partial charge in [-0.05, 0) is 40.4 Å². The molecule has 0 aliphatic rings. The highest BCUT2D eigenvalue weighted by Gasteiger charge is 1.99. The molecule has 14 heavy (non-hydrogen) atoms. The Morgan fingerprint density at radius 3 is 2.57 bits per heavy atom. The van der Waals surface area contributed by atoms with Gasteiger partial charge < -0.3 is 0 Å². The van der Waals surface area contributed by atoms with E-state index in [0.29, 0.717) is 5.56 Å². The summed E-state index contributed by atoms with van der Waals surface area (Å²) in [5.74, 6) is 2.61. The fourth-order valence-corrected chi connectivity index (χ4v) is 1.55. The van der Waals surface area contributed by atoms with Gasteiger partial charge in [0.2, 0.25) is 9.84 Å². The summed E-state index contributed by atoms with van der Waals surface area (Å²) in [5, 5.41) is 2.20. The zero-order valence-electron chi connectivity index (χ0n) is 7.83. The molecule has 0 fully saturated rings. The van der Waals surface area contributed by atoms with Gasteiger partial charge in [0.1, 0.15) is 0 Å². The van der Waals surface area contributed by atoms with E-state index in [0.717, 1.165) is 16.3 Å². The number of benzene rings is 1. The first kappa shape index (κ1) is 11.3. The molecular weight excluding hydrogens is 264 g/mol. The second-order valence-corrected chi connectivity index (χ2v) is 5.48. The number of rotatable bonds is 0. The van der Waals surface area contributed by atoms with Crippen molar-refractivity contribution in [3.63, 3.8) is 0 Å². The van der Waals surface area contributed by atoms with Gasteiger partial charge in [-0.25, -0.2) is 8.42 Å². The Hall–Kier alpha value is -0.790. The van der Waals surface area contributed by atoms with Crippen molar-refractivity contribution in [3.8, 4) is 11.2 Å². The lowest BCUT2D eigenvalue weighted by Gasteiger charge is -1.98. The van der Waals surface area contributed by atoms with E-state index in [2.05, 4.69) is 27.1 Å². The molecule has 1 aromatic rings. The average molecular weight is 273 g/mol. The summed E-state index contributed by atoms with van der Waals surface area (Å²) >= 11 is 3.35. The molecule has 0 saturated heterocycles. The van der Waals surface area contributed by atoms with Gasteiger partial charge in [-0.2, -0.15) is 0 Å². The van der Waals surface area contributed by atoms with Crippen molar-refractivity contribution >= 4 is 25.8 Å². The molecule has 0 aliphatic heterocycles. The number of halogens is 1. The van der Waals surface area contributed by atoms with E-state index in [9.17, 15) is 8.42 Å². The topological polar surface area (TPSA) is 34.1 Å². The lowest BCUT2D eigenvalue weighted by molar-refractivity contribution is 0.611. The van der Waals surface area contributed by atoms with Crippen LogP contribution in [0.25, 0.3) is 0 Å². The van der Waals surface area contributed by atoms with Gasteiger partial charge in [0.15, 0.2) is 0 Å². The Balaban J connectivity index is 3.21. The molecule has 0 bridgehead atoms. The molecule has 0 N–H and O–H groups in total. The summed E-state index contributed by atoms with van der Waals surface area (Å²) in [6.07, 6.45) is 1.09. The Kier molecular flexibility index (Phi) is 3.35. The van der Waals surface area contributed by atoms with Crippen molar-refractivity contribution in [1.82, 2.24) is 0 Å². The molecule has 0 aliphatic carbocycles. The fourth-order valence-electron chi connectivity index (χ4n) is 0.892. The zero-order chi connectivity index (χ0) is 10.8. The van der Waals surface area contributed by atoms with E-state index in [-0.39, 0.29) is 0 Å². The van der Waals surface area contributed by atoms with Crippen LogP contribution in [0.15, 0.2) is 22.7 Å². The summed E-state index contributed by atoms with van der Waals surface area (Å²) < 4.78 is 22.5. The minimum atomic E-state index is -3.23. The molecule has 0 saturated carbocycles. The van der Waals surface area contributed by atoms with Crippen molar-refractivity contribution in [2.24, 2.45) is 0 Å². The van der Waals surface area contributed by atoms with Gasteiger partial charge in [-0.3, -0.25) is 0 Å². The number of hydrogen-bond acceptors (Lipinski definition) is 2. The summed E-state index contributed by atoms with van der Waals surface area (Å²) in [6.45, 7) is 1.93. The third-order valence-electron chi connectivity index (χ3n) is 1.56. The third-order valence-corrected chi connectivity index (χ3v) is 3.09. The lowest BCUT2D eigenvalue weighted by Crippen LogP contribution is -1.89. The molecule has 1 aromatic carbocycles. The van der Waals surface area contributed by atoms with Gasteiger partial charge in [0.05, 0.1) is 6.26 Å². The summed E-state index contributed by atoms with van der Waals surface area (Å²) in [7, 11) is -3.23. The van der Waals surface area contributed by atoms with Crippen LogP contribution >= 0.6 is 15.9 Å². The highest BCUT2D eigenvalue weighted by molar-refractivity contribution is 9.10. The van der Waals surface area contributed by atoms with Crippen molar-refractivity contribution in [3.05, 3.63) is 33.8 Å². The van der Waals surface area contributed by atoms with Crippen LogP contribution in [0.4, 0.5) is 0 Å². The summed E-state index contributed by atoms with van der Waals surface area (Å²) in [4.78, 5) is 0. The van der Waals surface area contributed by atoms with Crippen LogP contribution < -0.4 is 0 Å². The molecule has 0 aromatic heterocycles. The molecule has 2 nitrogen and oxygen atoms in total. The van der Waals surface area contributed by atoms with Crippen molar-refractivity contribution in [2.75, 3.05) is 6.26 Å². The second-order valence-electron chi connectivity index (χ2n) is 2.94. The van der Waals surface area contributed by atoms with E-state index in [1.165, 1.54) is 0 Å². The zero-order valence-corrected chi connectivity index (χ0v) is 10.2. The number of hydrogen-bond donors (Lipinski definition) is 0. The maximum absolute atomic E-state index is 10.8.